The molecular formula is C15H12FN3. The third-order valence-corrected chi connectivity index (χ3v) is 2.90. The highest BCUT2D eigenvalue weighted by Crippen LogP contribution is 2.22. The van der Waals surface area contributed by atoms with Crippen LogP contribution >= 0.6 is 0 Å². The molecule has 0 atom stereocenters. The zero-order valence-electron chi connectivity index (χ0n) is 10.4. The van der Waals surface area contributed by atoms with Crippen LogP contribution in [0.25, 0.3) is 22.8 Å². The lowest BCUT2D eigenvalue weighted by Gasteiger charge is -1.99. The molecule has 0 spiro atoms. The van der Waals surface area contributed by atoms with E-state index in [1.807, 2.05) is 43.3 Å². The van der Waals surface area contributed by atoms with E-state index in [0.29, 0.717) is 17.2 Å². The summed E-state index contributed by atoms with van der Waals surface area (Å²) in [6, 6.07) is 14.6. The summed E-state index contributed by atoms with van der Waals surface area (Å²) in [7, 11) is 0. The SMILES string of the molecule is Cc1ccc(-c2nc(-c3ccccc3)n[nH]2)c(F)c1. The van der Waals surface area contributed by atoms with Crippen molar-refractivity contribution < 1.29 is 4.39 Å². The highest BCUT2D eigenvalue weighted by atomic mass is 19.1. The summed E-state index contributed by atoms with van der Waals surface area (Å²) in [6.45, 7) is 1.85. The van der Waals surface area contributed by atoms with E-state index in [9.17, 15) is 4.39 Å². The summed E-state index contributed by atoms with van der Waals surface area (Å²) >= 11 is 0. The van der Waals surface area contributed by atoms with Crippen LogP contribution in [-0.4, -0.2) is 15.2 Å². The predicted octanol–water partition coefficient (Wildman–Crippen LogP) is 3.59. The van der Waals surface area contributed by atoms with Crippen LogP contribution in [0.5, 0.6) is 0 Å². The molecule has 0 aliphatic carbocycles. The average molecular weight is 253 g/mol. The number of aryl methyl sites for hydroxylation is 1. The summed E-state index contributed by atoms with van der Waals surface area (Å²) in [5.74, 6) is 0.711. The largest absolute Gasteiger partial charge is 0.259 e. The van der Waals surface area contributed by atoms with Crippen LogP contribution in [0, 0.1) is 12.7 Å². The number of hydrogen-bond acceptors (Lipinski definition) is 2. The number of aromatic amines is 1. The number of aromatic nitrogens is 3. The maximum atomic E-state index is 13.9. The number of rotatable bonds is 2. The fourth-order valence-electron chi connectivity index (χ4n) is 1.91. The molecule has 94 valence electrons. The molecule has 0 aliphatic rings. The van der Waals surface area contributed by atoms with E-state index >= 15 is 0 Å². The first kappa shape index (κ1) is 11.6. The van der Waals surface area contributed by atoms with Crippen LogP contribution in [0.4, 0.5) is 4.39 Å². The second kappa shape index (κ2) is 4.65. The molecule has 0 saturated heterocycles. The number of halogens is 1. The Labute approximate surface area is 110 Å². The molecule has 0 saturated carbocycles. The van der Waals surface area contributed by atoms with E-state index in [-0.39, 0.29) is 5.82 Å². The van der Waals surface area contributed by atoms with Gasteiger partial charge in [0.15, 0.2) is 11.6 Å². The lowest BCUT2D eigenvalue weighted by Crippen LogP contribution is -1.87. The van der Waals surface area contributed by atoms with Gasteiger partial charge in [-0.2, -0.15) is 5.10 Å². The van der Waals surface area contributed by atoms with Gasteiger partial charge in [-0.3, -0.25) is 5.10 Å². The molecule has 3 rings (SSSR count). The smallest absolute Gasteiger partial charge is 0.181 e. The van der Waals surface area contributed by atoms with Gasteiger partial charge in [-0.05, 0) is 24.6 Å². The van der Waals surface area contributed by atoms with Crippen LogP contribution in [0.2, 0.25) is 0 Å². The third-order valence-electron chi connectivity index (χ3n) is 2.90. The Hall–Kier alpha value is -2.49. The van der Waals surface area contributed by atoms with Crippen molar-refractivity contribution in [3.05, 3.63) is 59.9 Å². The molecule has 19 heavy (non-hydrogen) atoms. The standard InChI is InChI=1S/C15H12FN3/c1-10-7-8-12(13(16)9-10)15-17-14(18-19-15)11-5-3-2-4-6-11/h2-9H,1H3,(H,17,18,19). The second-order valence-corrected chi connectivity index (χ2v) is 4.36. The van der Waals surface area contributed by atoms with Crippen molar-refractivity contribution in [1.82, 2.24) is 15.2 Å². The highest BCUT2D eigenvalue weighted by Gasteiger charge is 2.11. The quantitative estimate of drug-likeness (QED) is 0.758. The molecule has 0 amide bonds. The van der Waals surface area contributed by atoms with Gasteiger partial charge >= 0.3 is 0 Å². The van der Waals surface area contributed by atoms with Crippen LogP contribution in [-0.2, 0) is 0 Å². The van der Waals surface area contributed by atoms with Crippen LogP contribution in [0.15, 0.2) is 48.5 Å². The van der Waals surface area contributed by atoms with Crippen molar-refractivity contribution >= 4 is 0 Å². The molecule has 0 aliphatic heterocycles. The zero-order chi connectivity index (χ0) is 13.2. The van der Waals surface area contributed by atoms with E-state index in [1.165, 1.54) is 6.07 Å². The molecule has 1 N–H and O–H groups in total. The van der Waals surface area contributed by atoms with E-state index in [1.54, 1.807) is 6.07 Å². The van der Waals surface area contributed by atoms with E-state index < -0.39 is 0 Å². The van der Waals surface area contributed by atoms with Crippen LogP contribution in [0.1, 0.15) is 5.56 Å². The van der Waals surface area contributed by atoms with Gasteiger partial charge in [0.2, 0.25) is 0 Å². The number of hydrogen-bond donors (Lipinski definition) is 1. The van der Waals surface area contributed by atoms with Gasteiger partial charge < -0.3 is 0 Å². The number of nitrogens with one attached hydrogen (secondary N) is 1. The third kappa shape index (κ3) is 2.25. The van der Waals surface area contributed by atoms with Crippen molar-refractivity contribution in [3.63, 3.8) is 0 Å². The van der Waals surface area contributed by atoms with Crippen molar-refractivity contribution in [2.45, 2.75) is 6.92 Å². The molecule has 3 nitrogen and oxygen atoms in total. The minimum atomic E-state index is -0.296. The Morgan fingerprint density at radius 1 is 1.05 bits per heavy atom. The maximum Gasteiger partial charge on any atom is 0.181 e. The molecule has 1 heterocycles. The van der Waals surface area contributed by atoms with Gasteiger partial charge in [0.1, 0.15) is 5.82 Å². The molecule has 4 heteroatoms. The van der Waals surface area contributed by atoms with Crippen molar-refractivity contribution in [2.75, 3.05) is 0 Å². The zero-order valence-corrected chi connectivity index (χ0v) is 10.4. The molecular weight excluding hydrogens is 241 g/mol. The average Bonchev–Trinajstić information content (AvgIpc) is 2.89. The Bertz CT molecular complexity index is 704. The normalized spacial score (nSPS) is 10.6. The van der Waals surface area contributed by atoms with Gasteiger partial charge in [0, 0.05) is 5.56 Å². The van der Waals surface area contributed by atoms with Crippen LogP contribution < -0.4 is 0 Å². The maximum absolute atomic E-state index is 13.9. The molecule has 0 unspecified atom stereocenters. The van der Waals surface area contributed by atoms with Crippen molar-refractivity contribution in [3.8, 4) is 22.8 Å². The summed E-state index contributed by atoms with van der Waals surface area (Å²) < 4.78 is 13.9. The van der Waals surface area contributed by atoms with Crippen molar-refractivity contribution in [1.29, 1.82) is 0 Å². The highest BCUT2D eigenvalue weighted by molar-refractivity contribution is 5.61. The molecule has 0 bridgehead atoms. The monoisotopic (exact) mass is 253 g/mol. The Morgan fingerprint density at radius 3 is 2.58 bits per heavy atom. The summed E-state index contributed by atoms with van der Waals surface area (Å²) in [5, 5.41) is 6.90. The Balaban J connectivity index is 2.02. The minimum Gasteiger partial charge on any atom is -0.259 e. The van der Waals surface area contributed by atoms with Gasteiger partial charge in [-0.15, -0.1) is 0 Å². The van der Waals surface area contributed by atoms with E-state index in [0.717, 1.165) is 11.1 Å². The summed E-state index contributed by atoms with van der Waals surface area (Å²) in [6.07, 6.45) is 0. The van der Waals surface area contributed by atoms with Crippen LogP contribution in [0.3, 0.4) is 0 Å². The van der Waals surface area contributed by atoms with Gasteiger partial charge in [0.05, 0.1) is 5.56 Å². The summed E-state index contributed by atoms with van der Waals surface area (Å²) in [4.78, 5) is 4.33. The fourth-order valence-corrected chi connectivity index (χ4v) is 1.91. The first-order valence-corrected chi connectivity index (χ1v) is 5.98. The topological polar surface area (TPSA) is 41.6 Å². The minimum absolute atomic E-state index is 0.296. The lowest BCUT2D eigenvalue weighted by atomic mass is 10.1. The van der Waals surface area contributed by atoms with Gasteiger partial charge in [-0.25, -0.2) is 9.37 Å². The van der Waals surface area contributed by atoms with Gasteiger partial charge in [-0.1, -0.05) is 36.4 Å². The lowest BCUT2D eigenvalue weighted by molar-refractivity contribution is 0.629. The predicted molar refractivity (Wildman–Crippen MR) is 71.9 cm³/mol. The van der Waals surface area contributed by atoms with Crippen molar-refractivity contribution in [2.24, 2.45) is 0 Å². The number of nitrogens with zero attached hydrogens (tertiary/aromatic N) is 2. The fraction of sp³-hybridized carbons (Fsp3) is 0.0667. The number of H-pyrrole nitrogens is 1. The first-order valence-electron chi connectivity index (χ1n) is 5.98. The summed E-state index contributed by atoms with van der Waals surface area (Å²) in [5.41, 5.74) is 2.21. The number of benzene rings is 2. The molecule has 2 aromatic carbocycles. The second-order valence-electron chi connectivity index (χ2n) is 4.36. The Kier molecular flexibility index (Phi) is 2.83. The Morgan fingerprint density at radius 2 is 1.84 bits per heavy atom. The molecule has 1 aromatic heterocycles. The molecule has 3 aromatic rings. The molecule has 0 radical (unpaired) electrons. The van der Waals surface area contributed by atoms with Gasteiger partial charge in [0.25, 0.3) is 0 Å². The van der Waals surface area contributed by atoms with E-state index in [4.69, 9.17) is 0 Å². The first-order chi connectivity index (χ1) is 9.24. The van der Waals surface area contributed by atoms with E-state index in [2.05, 4.69) is 15.2 Å². The molecule has 0 fully saturated rings.